The van der Waals surface area contributed by atoms with E-state index in [-0.39, 0.29) is 11.4 Å². The highest BCUT2D eigenvalue weighted by molar-refractivity contribution is 7.89. The Morgan fingerprint density at radius 1 is 0.697 bits per heavy atom. The second kappa shape index (κ2) is 11.1. The van der Waals surface area contributed by atoms with Crippen molar-refractivity contribution in [2.75, 3.05) is 36.0 Å². The first-order valence-corrected chi connectivity index (χ1v) is 12.6. The van der Waals surface area contributed by atoms with Crippen LogP contribution in [0.5, 0.6) is 0 Å². The normalized spacial score (nSPS) is 11.3. The Morgan fingerprint density at radius 2 is 1.03 bits per heavy atom. The molecule has 10 nitrogen and oxygen atoms in total. The Morgan fingerprint density at radius 3 is 1.30 bits per heavy atom. The number of sulfone groups is 1. The van der Waals surface area contributed by atoms with Crippen LogP contribution in [0.4, 0.5) is 22.7 Å². The molecule has 0 fully saturated rings. The summed E-state index contributed by atoms with van der Waals surface area (Å²) in [6.07, 6.45) is 0. The fourth-order valence-corrected chi connectivity index (χ4v) is 5.31. The summed E-state index contributed by atoms with van der Waals surface area (Å²) in [5.41, 5.74) is 1.18. The van der Waals surface area contributed by atoms with Gasteiger partial charge in [0.05, 0.1) is 21.4 Å². The Balaban J connectivity index is 2.33. The average molecular weight is 479 g/mol. The predicted molar refractivity (Wildman–Crippen MR) is 130 cm³/mol. The second-order valence-electron chi connectivity index (χ2n) is 7.54. The molecule has 0 atom stereocenters. The molecular formula is C22H30N4O6S. The van der Waals surface area contributed by atoms with E-state index in [1.165, 1.54) is 12.1 Å². The standard InChI is InChI=1S/C22H30N4O6S/c1-5-23(6-2)19-11-9-17(13-21(19)25(27)28)15-33(31,32)16-18-10-12-20(24(7-3)8-4)22(14-18)26(29)30/h9-14H,5-8,15-16H2,1-4H3. The molecular weight excluding hydrogens is 448 g/mol. The lowest BCUT2D eigenvalue weighted by Crippen LogP contribution is -2.23. The van der Waals surface area contributed by atoms with Gasteiger partial charge in [-0.05, 0) is 51.0 Å². The van der Waals surface area contributed by atoms with Gasteiger partial charge in [-0.2, -0.15) is 0 Å². The van der Waals surface area contributed by atoms with Gasteiger partial charge in [-0.25, -0.2) is 8.42 Å². The van der Waals surface area contributed by atoms with Crippen LogP contribution in [-0.2, 0) is 21.3 Å². The Bertz CT molecular complexity index is 1030. The van der Waals surface area contributed by atoms with Crippen molar-refractivity contribution in [3.05, 3.63) is 67.8 Å². The molecule has 0 spiro atoms. The van der Waals surface area contributed by atoms with E-state index in [1.807, 2.05) is 37.5 Å². The number of nitrogens with zero attached hydrogens (tertiary/aromatic N) is 4. The molecule has 0 unspecified atom stereocenters. The fraction of sp³-hybridized carbons (Fsp3) is 0.455. The van der Waals surface area contributed by atoms with Gasteiger partial charge < -0.3 is 9.80 Å². The highest BCUT2D eigenvalue weighted by Gasteiger charge is 2.23. The van der Waals surface area contributed by atoms with Gasteiger partial charge in [0.15, 0.2) is 9.84 Å². The lowest BCUT2D eigenvalue weighted by Gasteiger charge is -2.21. The third kappa shape index (κ3) is 6.41. The molecule has 180 valence electrons. The molecule has 0 saturated carbocycles. The van der Waals surface area contributed by atoms with E-state index < -0.39 is 31.2 Å². The lowest BCUT2D eigenvalue weighted by molar-refractivity contribution is -0.384. The number of hydrogen-bond donors (Lipinski definition) is 0. The maximum absolute atomic E-state index is 12.8. The van der Waals surface area contributed by atoms with Crippen molar-refractivity contribution >= 4 is 32.6 Å². The maximum atomic E-state index is 12.8. The zero-order chi connectivity index (χ0) is 24.8. The number of benzene rings is 2. The van der Waals surface area contributed by atoms with Crippen molar-refractivity contribution in [2.24, 2.45) is 0 Å². The van der Waals surface area contributed by atoms with Gasteiger partial charge in [0.2, 0.25) is 0 Å². The summed E-state index contributed by atoms with van der Waals surface area (Å²) >= 11 is 0. The van der Waals surface area contributed by atoms with Crippen LogP contribution >= 0.6 is 0 Å². The summed E-state index contributed by atoms with van der Waals surface area (Å²) in [6.45, 7) is 9.86. The first kappa shape index (κ1) is 26.0. The van der Waals surface area contributed by atoms with E-state index in [0.29, 0.717) is 48.7 Å². The van der Waals surface area contributed by atoms with Gasteiger partial charge in [0.25, 0.3) is 11.4 Å². The van der Waals surface area contributed by atoms with E-state index in [0.717, 1.165) is 0 Å². The molecule has 0 radical (unpaired) electrons. The summed E-state index contributed by atoms with van der Waals surface area (Å²) in [4.78, 5) is 25.8. The minimum atomic E-state index is -3.73. The molecule has 2 rings (SSSR count). The lowest BCUT2D eigenvalue weighted by atomic mass is 10.1. The molecule has 0 amide bonds. The number of rotatable bonds is 12. The summed E-state index contributed by atoms with van der Waals surface area (Å²) in [7, 11) is -3.73. The quantitative estimate of drug-likeness (QED) is 0.326. The van der Waals surface area contributed by atoms with Crippen LogP contribution in [0.2, 0.25) is 0 Å². The van der Waals surface area contributed by atoms with Crippen LogP contribution in [0, 0.1) is 20.2 Å². The summed E-state index contributed by atoms with van der Waals surface area (Å²) in [5, 5.41) is 23.1. The predicted octanol–water partition coefficient (Wildman–Crippen LogP) is 4.31. The molecule has 0 aliphatic carbocycles. The Kier molecular flexibility index (Phi) is 8.75. The Hall–Kier alpha value is -3.21. The highest BCUT2D eigenvalue weighted by Crippen LogP contribution is 2.32. The minimum absolute atomic E-state index is 0.148. The molecule has 11 heteroatoms. The van der Waals surface area contributed by atoms with Gasteiger partial charge in [0, 0.05) is 38.3 Å². The monoisotopic (exact) mass is 478 g/mol. The first-order valence-electron chi connectivity index (χ1n) is 10.8. The molecule has 0 N–H and O–H groups in total. The SMILES string of the molecule is CCN(CC)c1ccc(CS(=O)(=O)Cc2ccc(N(CC)CC)c([N+](=O)[O-])c2)cc1[N+](=O)[O-]. The largest absolute Gasteiger partial charge is 0.367 e. The van der Waals surface area contributed by atoms with Crippen molar-refractivity contribution in [3.8, 4) is 0 Å². The molecule has 2 aromatic rings. The van der Waals surface area contributed by atoms with Crippen LogP contribution in [0.1, 0.15) is 38.8 Å². The molecule has 0 aliphatic heterocycles. The van der Waals surface area contributed by atoms with Gasteiger partial charge in [-0.1, -0.05) is 12.1 Å². The van der Waals surface area contributed by atoms with Gasteiger partial charge in [0.1, 0.15) is 11.4 Å². The van der Waals surface area contributed by atoms with E-state index in [9.17, 15) is 28.6 Å². The molecule has 33 heavy (non-hydrogen) atoms. The van der Waals surface area contributed by atoms with Crippen molar-refractivity contribution in [1.82, 2.24) is 0 Å². The topological polar surface area (TPSA) is 127 Å². The van der Waals surface area contributed by atoms with E-state index in [4.69, 9.17) is 0 Å². The Labute approximate surface area is 194 Å². The van der Waals surface area contributed by atoms with Gasteiger partial charge >= 0.3 is 0 Å². The minimum Gasteiger partial charge on any atom is -0.367 e. The number of nitro benzene ring substituents is 2. The van der Waals surface area contributed by atoms with Gasteiger partial charge in [-0.15, -0.1) is 0 Å². The van der Waals surface area contributed by atoms with Crippen LogP contribution < -0.4 is 9.80 Å². The maximum Gasteiger partial charge on any atom is 0.292 e. The fourth-order valence-electron chi connectivity index (χ4n) is 3.83. The average Bonchev–Trinajstić information content (AvgIpc) is 2.76. The molecule has 0 aromatic heterocycles. The molecule has 0 heterocycles. The first-order chi connectivity index (χ1) is 15.6. The number of nitro groups is 2. The van der Waals surface area contributed by atoms with Crippen LogP contribution in [0.15, 0.2) is 36.4 Å². The zero-order valence-electron chi connectivity index (χ0n) is 19.4. The van der Waals surface area contributed by atoms with Crippen molar-refractivity contribution in [2.45, 2.75) is 39.2 Å². The van der Waals surface area contributed by atoms with Crippen molar-refractivity contribution < 1.29 is 18.3 Å². The third-order valence-corrected chi connectivity index (χ3v) is 7.00. The van der Waals surface area contributed by atoms with Crippen molar-refractivity contribution in [1.29, 1.82) is 0 Å². The van der Waals surface area contributed by atoms with E-state index in [1.54, 1.807) is 24.3 Å². The van der Waals surface area contributed by atoms with Crippen molar-refractivity contribution in [3.63, 3.8) is 0 Å². The van der Waals surface area contributed by atoms with Crippen LogP contribution in [0.25, 0.3) is 0 Å². The summed E-state index contributed by atoms with van der Waals surface area (Å²) < 4.78 is 25.7. The molecule has 0 bridgehead atoms. The molecule has 0 saturated heterocycles. The third-order valence-electron chi connectivity index (χ3n) is 5.45. The number of hydrogen-bond acceptors (Lipinski definition) is 8. The van der Waals surface area contributed by atoms with Crippen LogP contribution in [-0.4, -0.2) is 44.4 Å². The van der Waals surface area contributed by atoms with Gasteiger partial charge in [-0.3, -0.25) is 20.2 Å². The number of anilines is 2. The zero-order valence-corrected chi connectivity index (χ0v) is 20.2. The summed E-state index contributed by atoms with van der Waals surface area (Å²) in [5.74, 6) is -0.810. The molecule has 0 aliphatic rings. The smallest absolute Gasteiger partial charge is 0.292 e. The molecule has 2 aromatic carbocycles. The van der Waals surface area contributed by atoms with E-state index >= 15 is 0 Å². The van der Waals surface area contributed by atoms with E-state index in [2.05, 4.69) is 0 Å². The van der Waals surface area contributed by atoms with Crippen LogP contribution in [0.3, 0.4) is 0 Å². The highest BCUT2D eigenvalue weighted by atomic mass is 32.2. The summed E-state index contributed by atoms with van der Waals surface area (Å²) in [6, 6.07) is 8.86. The second-order valence-corrected chi connectivity index (χ2v) is 9.60.